The van der Waals surface area contributed by atoms with Crippen molar-refractivity contribution in [2.24, 2.45) is 0 Å². The van der Waals surface area contributed by atoms with Gasteiger partial charge in [0, 0.05) is 50.5 Å². The number of likely N-dealkylation sites (tertiary alicyclic amines) is 2. The van der Waals surface area contributed by atoms with Crippen molar-refractivity contribution in [3.63, 3.8) is 0 Å². The van der Waals surface area contributed by atoms with Crippen LogP contribution in [-0.2, 0) is 11.3 Å². The van der Waals surface area contributed by atoms with Crippen molar-refractivity contribution in [1.29, 1.82) is 0 Å². The fraction of sp³-hybridized carbons (Fsp3) is 0.444. The molecule has 1 spiro atoms. The fourth-order valence-corrected chi connectivity index (χ4v) is 6.44. The summed E-state index contributed by atoms with van der Waals surface area (Å²) in [5.41, 5.74) is 3.10. The van der Waals surface area contributed by atoms with Gasteiger partial charge >= 0.3 is 0 Å². The van der Waals surface area contributed by atoms with Crippen molar-refractivity contribution in [2.75, 3.05) is 26.2 Å². The minimum Gasteiger partial charge on any atom is -0.342 e. The van der Waals surface area contributed by atoms with Crippen molar-refractivity contribution < 1.29 is 9.59 Å². The van der Waals surface area contributed by atoms with Gasteiger partial charge in [-0.3, -0.25) is 14.5 Å². The molecule has 3 aliphatic rings. The Morgan fingerprint density at radius 1 is 1.09 bits per heavy atom. The molecule has 2 aromatic heterocycles. The van der Waals surface area contributed by atoms with Gasteiger partial charge in [-0.05, 0) is 50.5 Å². The highest BCUT2D eigenvalue weighted by Gasteiger charge is 2.61. The summed E-state index contributed by atoms with van der Waals surface area (Å²) in [5, 5.41) is 0. The van der Waals surface area contributed by atoms with Gasteiger partial charge in [0.05, 0.1) is 23.3 Å². The summed E-state index contributed by atoms with van der Waals surface area (Å²) in [5.74, 6) is -0.108. The first kappa shape index (κ1) is 21.4. The highest BCUT2D eigenvalue weighted by molar-refractivity contribution is 6.02. The number of hydrogen-bond acceptors (Lipinski definition) is 4. The van der Waals surface area contributed by atoms with Crippen molar-refractivity contribution in [3.8, 4) is 0 Å². The molecule has 2 saturated heterocycles. The fourth-order valence-electron chi connectivity index (χ4n) is 6.44. The number of fused-ring (bicyclic) bond motifs is 2. The number of amides is 2. The monoisotopic (exact) mass is 457 g/mol. The molecule has 0 radical (unpaired) electrons. The molecule has 34 heavy (non-hydrogen) atoms. The normalized spacial score (nSPS) is 22.0. The molecule has 176 valence electrons. The molecule has 6 rings (SSSR count). The van der Waals surface area contributed by atoms with Gasteiger partial charge < -0.3 is 14.2 Å². The summed E-state index contributed by atoms with van der Waals surface area (Å²) in [6.07, 6.45) is 6.07. The van der Waals surface area contributed by atoms with Gasteiger partial charge in [0.25, 0.3) is 5.91 Å². The summed E-state index contributed by atoms with van der Waals surface area (Å²) in [7, 11) is 0. The number of nitrogens with zero attached hydrogens (tertiary/aromatic N) is 5. The predicted octanol–water partition coefficient (Wildman–Crippen LogP) is 3.16. The molecule has 1 aromatic carbocycles. The molecular weight excluding hydrogens is 426 g/mol. The second-order valence-electron chi connectivity index (χ2n) is 10.2. The second kappa shape index (κ2) is 7.94. The quantitative estimate of drug-likeness (QED) is 0.604. The third kappa shape index (κ3) is 3.10. The number of carbonyl (C=O) groups excluding carboxylic acids is 2. The highest BCUT2D eigenvalue weighted by Crippen LogP contribution is 2.48. The van der Waals surface area contributed by atoms with Crippen LogP contribution in [0.2, 0.25) is 0 Å². The van der Waals surface area contributed by atoms with Crippen LogP contribution in [0.5, 0.6) is 0 Å². The Morgan fingerprint density at radius 2 is 1.82 bits per heavy atom. The van der Waals surface area contributed by atoms with Crippen LogP contribution in [0.25, 0.3) is 5.65 Å². The Bertz CT molecular complexity index is 1250. The van der Waals surface area contributed by atoms with Crippen molar-refractivity contribution in [1.82, 2.24) is 24.1 Å². The first-order chi connectivity index (χ1) is 16.5. The van der Waals surface area contributed by atoms with Gasteiger partial charge in [-0.2, -0.15) is 0 Å². The number of hydrogen-bond donors (Lipinski definition) is 0. The van der Waals surface area contributed by atoms with E-state index in [2.05, 4.69) is 28.1 Å². The van der Waals surface area contributed by atoms with E-state index in [1.165, 1.54) is 0 Å². The molecule has 0 aliphatic carbocycles. The first-order valence-corrected chi connectivity index (χ1v) is 12.3. The smallest absolute Gasteiger partial charge is 0.254 e. The molecule has 7 heteroatoms. The van der Waals surface area contributed by atoms with E-state index in [9.17, 15) is 9.59 Å². The summed E-state index contributed by atoms with van der Waals surface area (Å²) in [4.78, 5) is 38.6. The first-order valence-electron chi connectivity index (χ1n) is 12.3. The van der Waals surface area contributed by atoms with Gasteiger partial charge in [-0.1, -0.05) is 24.3 Å². The van der Waals surface area contributed by atoms with E-state index in [0.717, 1.165) is 49.4 Å². The Balaban J connectivity index is 1.38. The summed E-state index contributed by atoms with van der Waals surface area (Å²) in [6.45, 7) is 7.85. The van der Waals surface area contributed by atoms with E-state index in [1.807, 2.05) is 64.7 Å². The molecule has 7 nitrogen and oxygen atoms in total. The minimum atomic E-state index is -0.528. The lowest BCUT2D eigenvalue weighted by Gasteiger charge is -2.62. The van der Waals surface area contributed by atoms with E-state index >= 15 is 0 Å². The Morgan fingerprint density at radius 3 is 2.59 bits per heavy atom. The molecule has 2 fully saturated rings. The van der Waals surface area contributed by atoms with Gasteiger partial charge in [0.1, 0.15) is 5.65 Å². The molecule has 1 atom stereocenters. The average Bonchev–Trinajstić information content (AvgIpc) is 3.48. The second-order valence-corrected chi connectivity index (χ2v) is 10.2. The lowest BCUT2D eigenvalue weighted by molar-refractivity contribution is -0.144. The number of pyridine rings is 1. The topological polar surface area (TPSA) is 61.2 Å². The van der Waals surface area contributed by atoms with E-state index in [-0.39, 0.29) is 23.8 Å². The SMILES string of the molecule is CC(C)N1C(=O)c2ccccc2C(C(=O)N2CCCC2)C12CN(Cc1cnc3ccccn13)C2. The number of aromatic nitrogens is 2. The zero-order valence-electron chi connectivity index (χ0n) is 19.9. The molecule has 5 heterocycles. The van der Waals surface area contributed by atoms with Crippen LogP contribution in [-0.4, -0.2) is 73.7 Å². The standard InChI is InChI=1S/C27H31N5O2/c1-19(2)32-25(33)22-10-4-3-9-21(22)24(26(34)30-12-7-8-13-30)27(32)17-29(18-27)16-20-15-28-23-11-5-6-14-31(20)23/h3-6,9-11,14-15,19,24H,7-8,12-13,16-18H2,1-2H3. The van der Waals surface area contributed by atoms with Crippen LogP contribution >= 0.6 is 0 Å². The summed E-state index contributed by atoms with van der Waals surface area (Å²) in [6, 6.07) is 13.8. The molecule has 0 N–H and O–H groups in total. The van der Waals surface area contributed by atoms with Gasteiger partial charge in [0.2, 0.25) is 5.91 Å². The van der Waals surface area contributed by atoms with E-state index in [1.54, 1.807) is 0 Å². The maximum Gasteiger partial charge on any atom is 0.254 e. The van der Waals surface area contributed by atoms with Crippen molar-refractivity contribution >= 4 is 17.5 Å². The molecule has 3 aliphatic heterocycles. The maximum absolute atomic E-state index is 14.0. The van der Waals surface area contributed by atoms with Crippen molar-refractivity contribution in [2.45, 2.75) is 50.7 Å². The molecular formula is C27H31N5O2. The van der Waals surface area contributed by atoms with Crippen molar-refractivity contribution in [3.05, 3.63) is 71.7 Å². The Labute approximate surface area is 200 Å². The third-order valence-corrected chi connectivity index (χ3v) is 7.79. The van der Waals surface area contributed by atoms with Gasteiger partial charge in [0.15, 0.2) is 0 Å². The lowest BCUT2D eigenvalue weighted by atomic mass is 9.67. The number of carbonyl (C=O) groups is 2. The predicted molar refractivity (Wildman–Crippen MR) is 130 cm³/mol. The number of imidazole rings is 1. The van der Waals surface area contributed by atoms with Crippen LogP contribution < -0.4 is 0 Å². The molecule has 3 aromatic rings. The Kier molecular flexibility index (Phi) is 4.99. The van der Waals surface area contributed by atoms with Gasteiger partial charge in [-0.25, -0.2) is 4.98 Å². The average molecular weight is 458 g/mol. The maximum atomic E-state index is 14.0. The minimum absolute atomic E-state index is 0.00711. The number of rotatable bonds is 4. The van der Waals surface area contributed by atoms with E-state index in [4.69, 9.17) is 0 Å². The van der Waals surface area contributed by atoms with Crippen LogP contribution in [0, 0.1) is 0 Å². The lowest BCUT2D eigenvalue weighted by Crippen LogP contribution is -2.77. The summed E-state index contributed by atoms with van der Waals surface area (Å²) >= 11 is 0. The van der Waals surface area contributed by atoms with E-state index < -0.39 is 5.54 Å². The summed E-state index contributed by atoms with van der Waals surface area (Å²) < 4.78 is 2.11. The molecule has 0 bridgehead atoms. The third-order valence-electron chi connectivity index (χ3n) is 7.79. The molecule has 0 saturated carbocycles. The van der Waals surface area contributed by atoms with Gasteiger partial charge in [-0.15, -0.1) is 0 Å². The van der Waals surface area contributed by atoms with E-state index in [0.29, 0.717) is 18.7 Å². The van der Waals surface area contributed by atoms with Crippen LogP contribution in [0.4, 0.5) is 0 Å². The number of benzene rings is 1. The zero-order chi connectivity index (χ0) is 23.4. The zero-order valence-corrected chi connectivity index (χ0v) is 19.9. The van der Waals surface area contributed by atoms with Crippen LogP contribution in [0.1, 0.15) is 54.2 Å². The largest absolute Gasteiger partial charge is 0.342 e. The molecule has 2 amide bonds. The molecule has 1 unspecified atom stereocenters. The van der Waals surface area contributed by atoms with Crippen LogP contribution in [0.15, 0.2) is 54.9 Å². The Hall–Kier alpha value is -3.19. The highest BCUT2D eigenvalue weighted by atomic mass is 16.2. The van der Waals surface area contributed by atoms with Crippen LogP contribution in [0.3, 0.4) is 0 Å².